The monoisotopic (exact) mass is 347 g/mol. The molecule has 0 radical (unpaired) electrons. The van der Waals surface area contributed by atoms with E-state index < -0.39 is 0 Å². The fourth-order valence-electron chi connectivity index (χ4n) is 4.83. The van der Waals surface area contributed by atoms with Crippen LogP contribution in [0.3, 0.4) is 0 Å². The maximum atomic E-state index is 12.8. The minimum atomic E-state index is -0.0412. The number of alkyl halides is 2. The van der Waals surface area contributed by atoms with Gasteiger partial charge in [-0.25, -0.2) is 4.90 Å². The molecule has 0 aromatic carbocycles. The number of hydrogen-bond donors (Lipinski definition) is 1. The summed E-state index contributed by atoms with van der Waals surface area (Å²) in [6.07, 6.45) is 5.71. The molecule has 22 heavy (non-hydrogen) atoms. The number of nitrogens with one attached hydrogen (secondary N) is 1. The Kier molecular flexibility index (Phi) is 5.38. The van der Waals surface area contributed by atoms with Crippen LogP contribution in [0.5, 0.6) is 0 Å². The second-order valence-corrected chi connectivity index (χ2v) is 8.84. The SMILES string of the molecule is CC1CCCN2CC(C)[NH+](CC(=O)C3CCC(Cl)C(Cl)C3)C12. The second-order valence-electron chi connectivity index (χ2n) is 7.72. The number of halogens is 2. The van der Waals surface area contributed by atoms with Crippen LogP contribution in [0.2, 0.25) is 0 Å². The van der Waals surface area contributed by atoms with Gasteiger partial charge in [-0.2, -0.15) is 0 Å². The highest BCUT2D eigenvalue weighted by Crippen LogP contribution is 2.32. The third-order valence-electron chi connectivity index (χ3n) is 6.09. The number of carbonyl (C=O) groups excluding carboxylic acids is 1. The van der Waals surface area contributed by atoms with Crippen LogP contribution in [-0.2, 0) is 4.79 Å². The maximum Gasteiger partial charge on any atom is 0.189 e. The van der Waals surface area contributed by atoms with Crippen molar-refractivity contribution in [3.05, 3.63) is 0 Å². The van der Waals surface area contributed by atoms with Crippen molar-refractivity contribution < 1.29 is 9.69 Å². The van der Waals surface area contributed by atoms with E-state index in [0.717, 1.165) is 25.8 Å². The number of Topliss-reactive ketones (excluding diaryl/α,β-unsaturated/α-hetero) is 1. The number of fused-ring (bicyclic) bond motifs is 1. The Labute approximate surface area is 144 Å². The molecule has 1 aliphatic carbocycles. The number of piperidine rings is 1. The minimum absolute atomic E-state index is 0.0395. The van der Waals surface area contributed by atoms with E-state index in [0.29, 0.717) is 30.5 Å². The predicted octanol–water partition coefficient (Wildman–Crippen LogP) is 1.92. The fourth-order valence-corrected chi connectivity index (χ4v) is 5.40. The van der Waals surface area contributed by atoms with Crippen LogP contribution in [0.15, 0.2) is 0 Å². The van der Waals surface area contributed by atoms with Gasteiger partial charge in [-0.1, -0.05) is 6.92 Å². The average molecular weight is 348 g/mol. The summed E-state index contributed by atoms with van der Waals surface area (Å²) < 4.78 is 0. The smallest absolute Gasteiger partial charge is 0.189 e. The van der Waals surface area contributed by atoms with Crippen LogP contribution >= 0.6 is 23.2 Å². The highest BCUT2D eigenvalue weighted by atomic mass is 35.5. The van der Waals surface area contributed by atoms with Crippen LogP contribution in [-0.4, -0.2) is 53.3 Å². The molecule has 0 amide bonds. The Morgan fingerprint density at radius 3 is 2.68 bits per heavy atom. The minimum Gasteiger partial charge on any atom is -0.310 e. The summed E-state index contributed by atoms with van der Waals surface area (Å²) in [6, 6.07) is 0.561. The van der Waals surface area contributed by atoms with Crippen LogP contribution in [0.25, 0.3) is 0 Å². The van der Waals surface area contributed by atoms with Gasteiger partial charge >= 0.3 is 0 Å². The van der Waals surface area contributed by atoms with Crippen molar-refractivity contribution in [1.82, 2.24) is 4.90 Å². The molecule has 0 spiro atoms. The van der Waals surface area contributed by atoms with E-state index in [1.165, 1.54) is 24.3 Å². The number of carbonyl (C=O) groups is 1. The van der Waals surface area contributed by atoms with Gasteiger partial charge in [0.05, 0.1) is 18.0 Å². The lowest BCUT2D eigenvalue weighted by Gasteiger charge is -2.37. The summed E-state index contributed by atoms with van der Waals surface area (Å²) >= 11 is 12.5. The Morgan fingerprint density at radius 2 is 1.95 bits per heavy atom. The van der Waals surface area contributed by atoms with Gasteiger partial charge in [-0.3, -0.25) is 4.79 Å². The molecule has 0 aromatic rings. The molecular weight excluding hydrogens is 319 g/mol. The molecule has 0 aromatic heterocycles. The Bertz CT molecular complexity index is 419. The van der Waals surface area contributed by atoms with Gasteiger partial charge < -0.3 is 4.90 Å². The molecule has 3 nitrogen and oxygen atoms in total. The molecule has 3 fully saturated rings. The van der Waals surface area contributed by atoms with Gasteiger partial charge in [-0.05, 0) is 39.0 Å². The first-order valence-electron chi connectivity index (χ1n) is 8.88. The topological polar surface area (TPSA) is 24.8 Å². The van der Waals surface area contributed by atoms with Crippen molar-refractivity contribution in [1.29, 1.82) is 0 Å². The molecule has 5 heteroatoms. The Hall–Kier alpha value is 0.170. The number of nitrogens with zero attached hydrogens (tertiary/aromatic N) is 1. The van der Waals surface area contributed by atoms with E-state index in [-0.39, 0.29) is 16.7 Å². The molecule has 3 rings (SSSR count). The van der Waals surface area contributed by atoms with Crippen molar-refractivity contribution in [3.8, 4) is 0 Å². The highest BCUT2D eigenvalue weighted by Gasteiger charge is 2.47. The molecule has 1 saturated carbocycles. The van der Waals surface area contributed by atoms with Crippen LogP contribution in [0, 0.1) is 11.8 Å². The van der Waals surface area contributed by atoms with Crippen LogP contribution in [0.4, 0.5) is 0 Å². The van der Waals surface area contributed by atoms with E-state index in [1.807, 2.05) is 0 Å². The number of rotatable bonds is 3. The number of ketones is 1. The van der Waals surface area contributed by atoms with Crippen LogP contribution < -0.4 is 4.90 Å². The zero-order chi connectivity index (χ0) is 15.9. The number of quaternary nitrogens is 1. The van der Waals surface area contributed by atoms with Crippen molar-refractivity contribution in [2.75, 3.05) is 19.6 Å². The molecule has 1 N–H and O–H groups in total. The Morgan fingerprint density at radius 1 is 1.18 bits per heavy atom. The third kappa shape index (κ3) is 3.33. The molecule has 126 valence electrons. The molecule has 3 aliphatic rings. The number of hydrogen-bond acceptors (Lipinski definition) is 2. The molecule has 7 atom stereocenters. The van der Waals surface area contributed by atoms with E-state index in [2.05, 4.69) is 18.7 Å². The highest BCUT2D eigenvalue weighted by molar-refractivity contribution is 6.30. The van der Waals surface area contributed by atoms with Crippen LogP contribution in [0.1, 0.15) is 46.0 Å². The first-order chi connectivity index (χ1) is 10.5. The maximum absolute atomic E-state index is 12.8. The summed E-state index contributed by atoms with van der Waals surface area (Å²) in [5.41, 5.74) is 0. The van der Waals surface area contributed by atoms with E-state index >= 15 is 0 Å². The zero-order valence-electron chi connectivity index (χ0n) is 13.7. The van der Waals surface area contributed by atoms with E-state index in [1.54, 1.807) is 0 Å². The fraction of sp³-hybridized carbons (Fsp3) is 0.941. The van der Waals surface area contributed by atoms with Crippen molar-refractivity contribution in [3.63, 3.8) is 0 Å². The average Bonchev–Trinajstić information content (AvgIpc) is 2.79. The zero-order valence-corrected chi connectivity index (χ0v) is 15.2. The van der Waals surface area contributed by atoms with Crippen molar-refractivity contribution in [2.24, 2.45) is 11.8 Å². The summed E-state index contributed by atoms with van der Waals surface area (Å²) in [4.78, 5) is 16.9. The molecule has 2 saturated heterocycles. The molecule has 0 bridgehead atoms. The summed E-state index contributed by atoms with van der Waals surface area (Å²) in [5.74, 6) is 1.24. The standard InChI is InChI=1S/C17H28Cl2N2O/c1-11-4-3-7-20-9-12(2)21(17(11)20)10-16(22)13-5-6-14(18)15(19)8-13/h11-15,17H,3-10H2,1-2H3/p+1. The first kappa shape index (κ1) is 17.0. The normalized spacial score (nSPS) is 46.5. The van der Waals surface area contributed by atoms with Gasteiger partial charge in [0.2, 0.25) is 0 Å². The Balaban J connectivity index is 1.63. The summed E-state index contributed by atoms with van der Waals surface area (Å²) in [5, 5.41) is -0.00176. The van der Waals surface area contributed by atoms with E-state index in [4.69, 9.17) is 23.2 Å². The largest absolute Gasteiger partial charge is 0.310 e. The lowest BCUT2D eigenvalue weighted by molar-refractivity contribution is -0.936. The summed E-state index contributed by atoms with van der Waals surface area (Å²) in [6.45, 7) is 7.68. The van der Waals surface area contributed by atoms with Gasteiger partial charge in [-0.15, -0.1) is 23.2 Å². The van der Waals surface area contributed by atoms with Gasteiger partial charge in [0.1, 0.15) is 12.7 Å². The molecular formula is C17H29Cl2N2O+. The lowest BCUT2D eigenvalue weighted by atomic mass is 9.85. The van der Waals surface area contributed by atoms with Gasteiger partial charge in [0.15, 0.2) is 5.78 Å². The lowest BCUT2D eigenvalue weighted by Crippen LogP contribution is -3.19. The predicted molar refractivity (Wildman–Crippen MR) is 90.7 cm³/mol. The van der Waals surface area contributed by atoms with Crippen molar-refractivity contribution in [2.45, 2.75) is 68.9 Å². The van der Waals surface area contributed by atoms with E-state index in [9.17, 15) is 4.79 Å². The van der Waals surface area contributed by atoms with Gasteiger partial charge in [0.25, 0.3) is 0 Å². The molecule has 7 unspecified atom stereocenters. The molecule has 2 aliphatic heterocycles. The third-order valence-corrected chi connectivity index (χ3v) is 7.22. The quantitative estimate of drug-likeness (QED) is 0.789. The van der Waals surface area contributed by atoms with Crippen molar-refractivity contribution >= 4 is 29.0 Å². The first-order valence-corrected chi connectivity index (χ1v) is 9.75. The second kappa shape index (κ2) is 6.96. The summed E-state index contributed by atoms with van der Waals surface area (Å²) in [7, 11) is 0. The van der Waals surface area contributed by atoms with Gasteiger partial charge in [0, 0.05) is 23.8 Å². The molecule has 2 heterocycles.